The average Bonchev–Trinajstić information content (AvgIpc) is 2.32. The van der Waals surface area contributed by atoms with E-state index >= 15 is 0 Å². The van der Waals surface area contributed by atoms with E-state index in [4.69, 9.17) is 0 Å². The summed E-state index contributed by atoms with van der Waals surface area (Å²) in [5.41, 5.74) is 1.58. The Labute approximate surface area is 122 Å². The second-order valence-electron chi connectivity index (χ2n) is 6.10. The predicted octanol–water partition coefficient (Wildman–Crippen LogP) is 3.29. The van der Waals surface area contributed by atoms with Gasteiger partial charge in [-0.15, -0.1) is 0 Å². The van der Waals surface area contributed by atoms with Crippen molar-refractivity contribution in [1.29, 1.82) is 0 Å². The molecule has 5 heteroatoms. The van der Waals surface area contributed by atoms with Gasteiger partial charge in [-0.25, -0.2) is 8.42 Å². The van der Waals surface area contributed by atoms with Crippen LogP contribution in [0, 0.1) is 11.8 Å². The van der Waals surface area contributed by atoms with Crippen molar-refractivity contribution in [3.8, 4) is 0 Å². The predicted molar refractivity (Wildman–Crippen MR) is 84.5 cm³/mol. The Kier molecular flexibility index (Phi) is 4.58. The van der Waals surface area contributed by atoms with E-state index in [2.05, 4.69) is 23.9 Å². The van der Waals surface area contributed by atoms with E-state index in [1.165, 1.54) is 19.3 Å². The Bertz CT molecular complexity index is 557. The molecule has 0 amide bonds. The number of hydrogen-bond donors (Lipinski definition) is 2. The Balaban J connectivity index is 2.07. The minimum Gasteiger partial charge on any atom is -0.382 e. The van der Waals surface area contributed by atoms with E-state index in [-0.39, 0.29) is 0 Å². The Hall–Kier alpha value is -1.23. The van der Waals surface area contributed by atoms with Crippen LogP contribution in [0.4, 0.5) is 11.4 Å². The van der Waals surface area contributed by atoms with Crippen LogP contribution < -0.4 is 10.0 Å². The molecule has 3 atom stereocenters. The van der Waals surface area contributed by atoms with E-state index in [1.54, 1.807) is 6.07 Å². The molecule has 0 spiro atoms. The normalized spacial score (nSPS) is 27.1. The van der Waals surface area contributed by atoms with Gasteiger partial charge in [0, 0.05) is 11.7 Å². The maximum atomic E-state index is 11.3. The molecule has 4 nitrogen and oxygen atoms in total. The van der Waals surface area contributed by atoms with Crippen LogP contribution in [0.15, 0.2) is 24.3 Å². The summed E-state index contributed by atoms with van der Waals surface area (Å²) < 4.78 is 25.0. The first-order valence-corrected chi connectivity index (χ1v) is 9.07. The number of anilines is 2. The first kappa shape index (κ1) is 15.2. The molecule has 0 bridgehead atoms. The number of hydrogen-bond acceptors (Lipinski definition) is 3. The SMILES string of the molecule is CC1CCC(C)C(Nc2cccc(NS(C)(=O)=O)c2)C1. The molecule has 3 unspecified atom stereocenters. The highest BCUT2D eigenvalue weighted by atomic mass is 32.2. The lowest BCUT2D eigenvalue weighted by Gasteiger charge is -2.34. The summed E-state index contributed by atoms with van der Waals surface area (Å²) in [5.74, 6) is 1.40. The van der Waals surface area contributed by atoms with Gasteiger partial charge in [0.05, 0.1) is 11.9 Å². The van der Waals surface area contributed by atoms with Crippen molar-refractivity contribution in [2.75, 3.05) is 16.3 Å². The van der Waals surface area contributed by atoms with Gasteiger partial charge in [-0.1, -0.05) is 26.3 Å². The van der Waals surface area contributed by atoms with Crippen molar-refractivity contribution in [3.63, 3.8) is 0 Å². The van der Waals surface area contributed by atoms with Crippen molar-refractivity contribution in [3.05, 3.63) is 24.3 Å². The molecule has 1 aromatic carbocycles. The van der Waals surface area contributed by atoms with E-state index in [0.717, 1.165) is 17.9 Å². The maximum absolute atomic E-state index is 11.3. The first-order chi connectivity index (χ1) is 9.33. The summed E-state index contributed by atoms with van der Waals surface area (Å²) in [4.78, 5) is 0. The summed E-state index contributed by atoms with van der Waals surface area (Å²) in [6, 6.07) is 7.94. The van der Waals surface area contributed by atoms with Gasteiger partial charge in [0.2, 0.25) is 10.0 Å². The van der Waals surface area contributed by atoms with Gasteiger partial charge in [-0.2, -0.15) is 0 Å². The van der Waals surface area contributed by atoms with Gasteiger partial charge in [0.15, 0.2) is 0 Å². The van der Waals surface area contributed by atoms with Crippen LogP contribution in [0.25, 0.3) is 0 Å². The molecule has 0 saturated heterocycles. The number of sulfonamides is 1. The smallest absolute Gasteiger partial charge is 0.229 e. The van der Waals surface area contributed by atoms with E-state index in [0.29, 0.717) is 17.6 Å². The van der Waals surface area contributed by atoms with Crippen molar-refractivity contribution in [1.82, 2.24) is 0 Å². The summed E-state index contributed by atoms with van der Waals surface area (Å²) in [7, 11) is -3.22. The van der Waals surface area contributed by atoms with Crippen LogP contribution in [-0.4, -0.2) is 20.7 Å². The van der Waals surface area contributed by atoms with Gasteiger partial charge >= 0.3 is 0 Å². The Morgan fingerprint density at radius 2 is 1.85 bits per heavy atom. The zero-order chi connectivity index (χ0) is 14.8. The topological polar surface area (TPSA) is 58.2 Å². The fourth-order valence-corrected chi connectivity index (χ4v) is 3.39. The molecule has 2 rings (SSSR count). The van der Waals surface area contributed by atoms with Crippen molar-refractivity contribution in [2.45, 2.75) is 39.2 Å². The molecule has 2 N–H and O–H groups in total. The fraction of sp³-hybridized carbons (Fsp3) is 0.600. The monoisotopic (exact) mass is 296 g/mol. The number of nitrogens with one attached hydrogen (secondary N) is 2. The molecular formula is C15H24N2O2S. The lowest BCUT2D eigenvalue weighted by molar-refractivity contribution is 0.281. The summed E-state index contributed by atoms with van der Waals surface area (Å²) in [5, 5.41) is 3.55. The second kappa shape index (κ2) is 6.04. The van der Waals surface area contributed by atoms with Crippen molar-refractivity contribution >= 4 is 21.4 Å². The van der Waals surface area contributed by atoms with Crippen LogP contribution in [0.1, 0.15) is 33.1 Å². The second-order valence-corrected chi connectivity index (χ2v) is 7.85. The molecule has 0 heterocycles. The molecule has 1 aliphatic rings. The number of benzene rings is 1. The third kappa shape index (κ3) is 4.40. The van der Waals surface area contributed by atoms with Crippen LogP contribution >= 0.6 is 0 Å². The van der Waals surface area contributed by atoms with E-state index in [9.17, 15) is 8.42 Å². The third-order valence-electron chi connectivity index (χ3n) is 3.98. The highest BCUT2D eigenvalue weighted by Gasteiger charge is 2.25. The minimum absolute atomic E-state index is 0.465. The Morgan fingerprint density at radius 1 is 1.15 bits per heavy atom. The highest BCUT2D eigenvalue weighted by Crippen LogP contribution is 2.31. The minimum atomic E-state index is -3.22. The van der Waals surface area contributed by atoms with Crippen LogP contribution in [-0.2, 0) is 10.0 Å². The molecular weight excluding hydrogens is 272 g/mol. The average molecular weight is 296 g/mol. The molecule has 1 aromatic rings. The molecule has 1 aliphatic carbocycles. The van der Waals surface area contributed by atoms with Gasteiger partial charge in [-0.05, 0) is 42.9 Å². The van der Waals surface area contributed by atoms with Gasteiger partial charge < -0.3 is 5.32 Å². The summed E-state index contributed by atoms with van der Waals surface area (Å²) in [6.07, 6.45) is 4.89. The standard InChI is InChI=1S/C15H24N2O2S/c1-11-7-8-12(2)15(9-11)16-13-5-4-6-14(10-13)17-20(3,18)19/h4-6,10-12,15-17H,7-9H2,1-3H3. The zero-order valence-electron chi connectivity index (χ0n) is 12.4. The highest BCUT2D eigenvalue weighted by molar-refractivity contribution is 7.92. The first-order valence-electron chi connectivity index (χ1n) is 7.18. The lowest BCUT2D eigenvalue weighted by atomic mass is 9.80. The molecule has 0 aliphatic heterocycles. The maximum Gasteiger partial charge on any atom is 0.229 e. The van der Waals surface area contributed by atoms with Crippen LogP contribution in [0.2, 0.25) is 0 Å². The molecule has 112 valence electrons. The van der Waals surface area contributed by atoms with E-state index in [1.807, 2.05) is 18.2 Å². The largest absolute Gasteiger partial charge is 0.382 e. The van der Waals surface area contributed by atoms with Crippen LogP contribution in [0.5, 0.6) is 0 Å². The third-order valence-corrected chi connectivity index (χ3v) is 4.58. The molecule has 20 heavy (non-hydrogen) atoms. The van der Waals surface area contributed by atoms with Gasteiger partial charge in [-0.3, -0.25) is 4.72 Å². The van der Waals surface area contributed by atoms with Crippen molar-refractivity contribution in [2.24, 2.45) is 11.8 Å². The lowest BCUT2D eigenvalue weighted by Crippen LogP contribution is -2.33. The molecule has 0 aromatic heterocycles. The molecule has 0 radical (unpaired) electrons. The van der Waals surface area contributed by atoms with Crippen LogP contribution in [0.3, 0.4) is 0 Å². The summed E-state index contributed by atoms with van der Waals surface area (Å²) >= 11 is 0. The van der Waals surface area contributed by atoms with Gasteiger partial charge in [0.1, 0.15) is 0 Å². The van der Waals surface area contributed by atoms with E-state index < -0.39 is 10.0 Å². The summed E-state index contributed by atoms with van der Waals surface area (Å²) in [6.45, 7) is 4.57. The number of rotatable bonds is 4. The molecule has 1 saturated carbocycles. The zero-order valence-corrected chi connectivity index (χ0v) is 13.2. The van der Waals surface area contributed by atoms with Gasteiger partial charge in [0.25, 0.3) is 0 Å². The van der Waals surface area contributed by atoms with Crippen molar-refractivity contribution < 1.29 is 8.42 Å². The Morgan fingerprint density at radius 3 is 2.55 bits per heavy atom. The molecule has 1 fully saturated rings. The fourth-order valence-electron chi connectivity index (χ4n) is 2.83. The quantitative estimate of drug-likeness (QED) is 0.896.